The van der Waals surface area contributed by atoms with Crippen molar-refractivity contribution < 1.29 is 9.53 Å². The highest BCUT2D eigenvalue weighted by molar-refractivity contribution is 7.64. The van der Waals surface area contributed by atoms with E-state index in [1.165, 1.54) is 25.2 Å². The number of hydrogen-bond acceptors (Lipinski definition) is 5. The Morgan fingerprint density at radius 2 is 1.43 bits per heavy atom. The molecule has 5 atom stereocenters. The average Bonchev–Trinajstić information content (AvgIpc) is 3.27. The summed E-state index contributed by atoms with van der Waals surface area (Å²) in [6.07, 6.45) is 3.14. The molecule has 0 amide bonds. The minimum absolute atomic E-state index is 0.0744. The Morgan fingerprint density at radius 1 is 0.978 bits per heavy atom. The summed E-state index contributed by atoms with van der Waals surface area (Å²) < 4.78 is 8.36. The molecule has 5 nitrogen and oxygen atoms in total. The van der Waals surface area contributed by atoms with Crippen molar-refractivity contribution in [3.05, 3.63) is 97.1 Å². The summed E-state index contributed by atoms with van der Waals surface area (Å²) in [5.74, 6) is 0. The van der Waals surface area contributed by atoms with Gasteiger partial charge in [-0.3, -0.25) is 4.57 Å². The van der Waals surface area contributed by atoms with Crippen LogP contribution in [0.15, 0.2) is 86.0 Å². The highest BCUT2D eigenvalue weighted by Crippen LogP contribution is 2.41. The Balaban J connectivity index is 0. The Kier molecular flexibility index (Phi) is 28.9. The molecule has 1 saturated heterocycles. The van der Waals surface area contributed by atoms with Crippen LogP contribution >= 0.6 is 67.5 Å². The second-order valence-electron chi connectivity index (χ2n) is 10.2. The lowest BCUT2D eigenvalue weighted by Gasteiger charge is -2.24. The van der Waals surface area contributed by atoms with Crippen LogP contribution in [0.25, 0.3) is 0 Å². The van der Waals surface area contributed by atoms with E-state index in [2.05, 4.69) is 74.8 Å². The Bertz CT molecular complexity index is 1020. The molecule has 0 aromatic heterocycles. The average molecular weight is 795 g/mol. The van der Waals surface area contributed by atoms with Gasteiger partial charge in [-0.15, -0.1) is 80.7 Å². The maximum absolute atomic E-state index is 9.73. The summed E-state index contributed by atoms with van der Waals surface area (Å²) in [4.78, 5) is 2.38. The molecule has 1 fully saturated rings. The number of allylic oxidation sites excluding steroid dienone is 2. The van der Waals surface area contributed by atoms with E-state index in [1.54, 1.807) is 6.08 Å². The van der Waals surface area contributed by atoms with E-state index >= 15 is 0 Å². The van der Waals surface area contributed by atoms with Gasteiger partial charge in [0.1, 0.15) is 0 Å². The molecule has 2 N–H and O–H groups in total. The van der Waals surface area contributed by atoms with E-state index in [1.807, 2.05) is 68.6 Å². The third-order valence-corrected chi connectivity index (χ3v) is 13.7. The van der Waals surface area contributed by atoms with Crippen LogP contribution in [-0.2, 0) is 4.43 Å². The first-order valence-electron chi connectivity index (χ1n) is 15.3. The van der Waals surface area contributed by atoms with Crippen LogP contribution in [-0.4, -0.2) is 79.5 Å². The molecule has 0 aliphatic carbocycles. The quantitative estimate of drug-likeness (QED) is 0.103. The van der Waals surface area contributed by atoms with Crippen molar-refractivity contribution in [1.82, 2.24) is 14.8 Å². The van der Waals surface area contributed by atoms with E-state index in [9.17, 15) is 5.11 Å². The molecule has 1 heterocycles. The van der Waals surface area contributed by atoms with Gasteiger partial charge in [0, 0.05) is 24.2 Å². The van der Waals surface area contributed by atoms with Crippen LogP contribution in [0.2, 0.25) is 12.1 Å². The number of alkyl halides is 2. The van der Waals surface area contributed by atoms with Crippen molar-refractivity contribution in [3.8, 4) is 0 Å². The van der Waals surface area contributed by atoms with Gasteiger partial charge >= 0.3 is 13.8 Å². The van der Waals surface area contributed by atoms with Gasteiger partial charge in [-0.1, -0.05) is 93.6 Å². The first-order chi connectivity index (χ1) is 21.7. The van der Waals surface area contributed by atoms with Crippen LogP contribution in [0.3, 0.4) is 0 Å². The number of benzene rings is 2. The molecule has 46 heavy (non-hydrogen) atoms. The number of halogens is 6. The Hall–Kier alpha value is -0.106. The standard InChI is InChI=1S/C13H18ClNOSi.C10H15NO.C6H15N.C3H5Cl3Si.CH2Cl2/c1-4-10-17(14)15(3)11(2)13(16-17)12-8-6-5-7-9-12;1-8(11-2)10(12)9-6-4-3-5-7-9;1-4-7(5-2)6-3;1-2-3-7(4,5)6;2-1-3/h4-9,11,13H,1,10H2,2-3H3;3-8,10-12H,1-2H3;4-6H2,1-3H3;2H,1,3H2;1H2/t11-,13+,17?;8-,10+;;;/m00.../s1. The van der Waals surface area contributed by atoms with Gasteiger partial charge in [-0.05, 0) is 58.7 Å². The minimum atomic E-state index is -2.36. The van der Waals surface area contributed by atoms with Gasteiger partial charge in [0.2, 0.25) is 0 Å². The number of likely N-dealkylation sites (N-methyl/N-ethyl adjacent to an activating group) is 2. The summed E-state index contributed by atoms with van der Waals surface area (Å²) in [7, 11) is 1.58. The van der Waals surface area contributed by atoms with Gasteiger partial charge in [-0.25, -0.2) is 0 Å². The normalized spacial score (nSPS) is 20.2. The monoisotopic (exact) mass is 791 g/mol. The Morgan fingerprint density at radius 3 is 1.76 bits per heavy atom. The number of nitrogens with zero attached hydrogens (tertiary/aromatic N) is 2. The fourth-order valence-electron chi connectivity index (χ4n) is 4.17. The molecular weight excluding hydrogens is 739 g/mol. The maximum atomic E-state index is 9.73. The molecule has 1 aliphatic rings. The SMILES string of the molecule is C=CC[Si](Cl)(Cl)Cl.C=CC[Si]1(Cl)O[C@@H](c2ccccc2)[C@H](C)N1C.CCN(CC)CC.CN[C@@H](C)[C@@H](O)c1ccccc1.ClCCl. The van der Waals surface area contributed by atoms with Crippen LogP contribution < -0.4 is 5.32 Å². The number of rotatable bonds is 11. The molecule has 1 aliphatic heterocycles. The molecule has 2 aromatic rings. The molecule has 1 unspecified atom stereocenters. The van der Waals surface area contributed by atoms with Crippen LogP contribution in [0.1, 0.15) is 58.0 Å². The molecule has 0 bridgehead atoms. The zero-order valence-electron chi connectivity index (χ0n) is 28.4. The van der Waals surface area contributed by atoms with Crippen molar-refractivity contribution in [3.63, 3.8) is 0 Å². The lowest BCUT2D eigenvalue weighted by molar-refractivity contribution is 0.140. The van der Waals surface area contributed by atoms with Crippen LogP contribution in [0.5, 0.6) is 0 Å². The summed E-state index contributed by atoms with van der Waals surface area (Å²) >= 11 is 32.5. The van der Waals surface area contributed by atoms with Gasteiger partial charge < -0.3 is 19.7 Å². The van der Waals surface area contributed by atoms with E-state index in [0.717, 1.165) is 11.6 Å². The second kappa shape index (κ2) is 27.7. The van der Waals surface area contributed by atoms with Gasteiger partial charge in [0.15, 0.2) is 0 Å². The minimum Gasteiger partial charge on any atom is -0.387 e. The molecule has 3 rings (SSSR count). The highest BCUT2D eigenvalue weighted by Gasteiger charge is 2.51. The van der Waals surface area contributed by atoms with Crippen molar-refractivity contribution in [2.45, 2.75) is 71.0 Å². The fraction of sp³-hybridized carbons (Fsp3) is 0.515. The largest absolute Gasteiger partial charge is 0.387 e. The molecule has 0 saturated carbocycles. The number of nitrogens with one attached hydrogen (secondary N) is 1. The van der Waals surface area contributed by atoms with Crippen molar-refractivity contribution >= 4 is 81.3 Å². The summed E-state index contributed by atoms with van der Waals surface area (Å²) in [6.45, 7) is 21.4. The van der Waals surface area contributed by atoms with Crippen LogP contribution in [0.4, 0.5) is 0 Å². The number of hydrogen-bond donors (Lipinski definition) is 2. The first-order valence-corrected chi connectivity index (χ1v) is 24.7. The smallest absolute Gasteiger partial charge is 0.377 e. The van der Waals surface area contributed by atoms with E-state index in [0.29, 0.717) is 12.1 Å². The molecule has 13 heteroatoms. The zero-order chi connectivity index (χ0) is 35.8. The lowest BCUT2D eigenvalue weighted by Crippen LogP contribution is -2.44. The number of aliphatic hydroxyl groups is 1. The summed E-state index contributed by atoms with van der Waals surface area (Å²) in [5.41, 5.74) is 2.16. The molecule has 2 aromatic carbocycles. The van der Waals surface area contributed by atoms with Crippen molar-refractivity contribution in [1.29, 1.82) is 0 Å². The summed E-state index contributed by atoms with van der Waals surface area (Å²) in [6, 6.07) is 19.3. The maximum Gasteiger partial charge on any atom is 0.377 e. The van der Waals surface area contributed by atoms with Gasteiger partial charge in [-0.2, -0.15) is 0 Å². The van der Waals surface area contributed by atoms with E-state index < -0.39 is 19.9 Å². The third-order valence-electron chi connectivity index (χ3n) is 7.19. The first kappa shape index (κ1) is 48.0. The predicted molar refractivity (Wildman–Crippen MR) is 212 cm³/mol. The number of aliphatic hydroxyl groups excluding tert-OH is 1. The highest BCUT2D eigenvalue weighted by atomic mass is 35.8. The Labute approximate surface area is 310 Å². The topological polar surface area (TPSA) is 48.0 Å². The lowest BCUT2D eigenvalue weighted by atomic mass is 10.0. The van der Waals surface area contributed by atoms with Crippen molar-refractivity contribution in [2.24, 2.45) is 0 Å². The summed E-state index contributed by atoms with van der Waals surface area (Å²) in [5, 5.41) is 12.9. The van der Waals surface area contributed by atoms with E-state index in [4.69, 9.17) is 71.9 Å². The second-order valence-corrected chi connectivity index (χ2v) is 24.7. The zero-order valence-corrected chi connectivity index (χ0v) is 34.9. The molecular formula is C33H55Cl6N3O2Si2. The fourth-order valence-corrected chi connectivity index (χ4v) is 8.93. The van der Waals surface area contributed by atoms with Gasteiger partial charge in [0.25, 0.3) is 0 Å². The van der Waals surface area contributed by atoms with E-state index in [-0.39, 0.29) is 17.5 Å². The predicted octanol–water partition coefficient (Wildman–Crippen LogP) is 10.4. The van der Waals surface area contributed by atoms with Crippen molar-refractivity contribution in [2.75, 3.05) is 39.1 Å². The third kappa shape index (κ3) is 20.4. The molecule has 0 radical (unpaired) electrons. The molecule has 264 valence electrons. The van der Waals surface area contributed by atoms with Crippen LogP contribution in [0, 0.1) is 0 Å². The molecule has 0 spiro atoms. The van der Waals surface area contributed by atoms with Gasteiger partial charge in [0.05, 0.1) is 17.5 Å².